The molecule has 0 radical (unpaired) electrons. The Morgan fingerprint density at radius 1 is 1.15 bits per heavy atom. The minimum absolute atomic E-state index is 0.0888. The Morgan fingerprint density at radius 3 is 2.45 bits per heavy atom. The number of hydrogen-bond donors (Lipinski definition) is 0. The van der Waals surface area contributed by atoms with Crippen LogP contribution in [0.25, 0.3) is 11.3 Å². The van der Waals surface area contributed by atoms with Gasteiger partial charge in [-0.2, -0.15) is 5.10 Å². The Morgan fingerprint density at radius 2 is 1.85 bits per heavy atom. The van der Waals surface area contributed by atoms with Crippen LogP contribution in [0.5, 0.6) is 0 Å². The van der Waals surface area contributed by atoms with Gasteiger partial charge in [0, 0.05) is 18.2 Å². The van der Waals surface area contributed by atoms with Crippen LogP contribution in [-0.4, -0.2) is 15.7 Å². The van der Waals surface area contributed by atoms with Gasteiger partial charge in [-0.05, 0) is 36.8 Å². The van der Waals surface area contributed by atoms with Gasteiger partial charge >= 0.3 is 0 Å². The molecule has 0 bridgehead atoms. The van der Waals surface area contributed by atoms with Crippen molar-refractivity contribution in [2.24, 2.45) is 5.92 Å². The third-order valence-electron chi connectivity index (χ3n) is 4.19. The highest BCUT2D eigenvalue weighted by Crippen LogP contribution is 2.52. The molecule has 2 saturated carbocycles. The summed E-state index contributed by atoms with van der Waals surface area (Å²) < 4.78 is 27.4. The third kappa shape index (κ3) is 2.23. The van der Waals surface area contributed by atoms with E-state index in [0.29, 0.717) is 0 Å². The molecule has 2 nitrogen and oxygen atoms in total. The van der Waals surface area contributed by atoms with Gasteiger partial charge in [-0.1, -0.05) is 24.3 Å². The molecule has 1 heterocycles. The second kappa shape index (κ2) is 4.14. The zero-order valence-corrected chi connectivity index (χ0v) is 11.1. The van der Waals surface area contributed by atoms with Crippen LogP contribution in [0.2, 0.25) is 0 Å². The van der Waals surface area contributed by atoms with Crippen LogP contribution in [0.3, 0.4) is 0 Å². The van der Waals surface area contributed by atoms with Gasteiger partial charge in [-0.3, -0.25) is 4.68 Å². The topological polar surface area (TPSA) is 17.8 Å². The summed E-state index contributed by atoms with van der Waals surface area (Å²) in [6.07, 6.45) is 5.42. The number of rotatable bonds is 4. The van der Waals surface area contributed by atoms with Crippen LogP contribution in [-0.2, 0) is 6.42 Å². The molecule has 4 rings (SSSR count). The fourth-order valence-electron chi connectivity index (χ4n) is 2.62. The predicted molar refractivity (Wildman–Crippen MR) is 72.7 cm³/mol. The number of nitrogens with zero attached hydrogens (tertiary/aromatic N) is 2. The van der Waals surface area contributed by atoms with E-state index in [1.807, 2.05) is 18.2 Å². The first-order chi connectivity index (χ1) is 9.62. The van der Waals surface area contributed by atoms with Crippen LogP contribution >= 0.6 is 0 Å². The van der Waals surface area contributed by atoms with Crippen LogP contribution < -0.4 is 0 Å². The lowest BCUT2D eigenvalue weighted by Crippen LogP contribution is -2.02. The van der Waals surface area contributed by atoms with E-state index in [2.05, 4.69) is 17.2 Å². The van der Waals surface area contributed by atoms with Crippen molar-refractivity contribution in [1.29, 1.82) is 0 Å². The van der Waals surface area contributed by atoms with Gasteiger partial charge in [-0.25, -0.2) is 8.78 Å². The summed E-state index contributed by atoms with van der Waals surface area (Å²) in [5, 5.41) is 4.28. The molecule has 1 atom stereocenters. The number of halogens is 2. The number of aromatic nitrogens is 2. The van der Waals surface area contributed by atoms with Crippen molar-refractivity contribution in [2.75, 3.05) is 0 Å². The molecule has 104 valence electrons. The Hall–Kier alpha value is -1.71. The van der Waals surface area contributed by atoms with Crippen molar-refractivity contribution in [1.82, 2.24) is 9.78 Å². The van der Waals surface area contributed by atoms with Gasteiger partial charge in [0.1, 0.15) is 6.04 Å². The summed E-state index contributed by atoms with van der Waals surface area (Å²) in [6, 6.07) is 9.39. The molecule has 0 saturated heterocycles. The van der Waals surface area contributed by atoms with Crippen molar-refractivity contribution < 1.29 is 8.78 Å². The fraction of sp³-hybridized carbons (Fsp3) is 0.438. The van der Waals surface area contributed by atoms with Gasteiger partial charge in [0.15, 0.2) is 0 Å². The lowest BCUT2D eigenvalue weighted by atomic mass is 10.1. The van der Waals surface area contributed by atoms with Crippen molar-refractivity contribution >= 4 is 0 Å². The summed E-state index contributed by atoms with van der Waals surface area (Å²) in [5.74, 6) is -1.70. The Kier molecular flexibility index (Phi) is 2.50. The second-order valence-electron chi connectivity index (χ2n) is 6.01. The van der Waals surface area contributed by atoms with Crippen LogP contribution in [0, 0.1) is 5.92 Å². The second-order valence-corrected chi connectivity index (χ2v) is 6.01. The highest BCUT2D eigenvalue weighted by molar-refractivity contribution is 5.59. The van der Waals surface area contributed by atoms with Crippen molar-refractivity contribution in [3.8, 4) is 11.3 Å². The molecule has 20 heavy (non-hydrogen) atoms. The Labute approximate surface area is 116 Å². The van der Waals surface area contributed by atoms with E-state index in [4.69, 9.17) is 0 Å². The predicted octanol–water partition coefficient (Wildman–Crippen LogP) is 4.08. The zero-order valence-electron chi connectivity index (χ0n) is 11.1. The third-order valence-corrected chi connectivity index (χ3v) is 4.19. The average Bonchev–Trinajstić information content (AvgIpc) is 3.30. The summed E-state index contributed by atoms with van der Waals surface area (Å²) in [6.45, 7) is 0. The molecule has 1 unspecified atom stereocenters. The van der Waals surface area contributed by atoms with Gasteiger partial charge in [0.05, 0.1) is 5.69 Å². The van der Waals surface area contributed by atoms with E-state index in [0.717, 1.165) is 23.6 Å². The van der Waals surface area contributed by atoms with Crippen LogP contribution in [0.15, 0.2) is 36.5 Å². The van der Waals surface area contributed by atoms with E-state index in [1.165, 1.54) is 23.1 Å². The molecule has 0 spiro atoms. The van der Waals surface area contributed by atoms with E-state index in [1.54, 1.807) is 6.20 Å². The van der Waals surface area contributed by atoms with E-state index < -0.39 is 12.0 Å². The Bertz CT molecular complexity index is 626. The highest BCUT2D eigenvalue weighted by atomic mass is 19.3. The van der Waals surface area contributed by atoms with Gasteiger partial charge < -0.3 is 0 Å². The van der Waals surface area contributed by atoms with Crippen LogP contribution in [0.1, 0.15) is 30.9 Å². The maximum Gasteiger partial charge on any atom is 0.272 e. The molecular weight excluding hydrogens is 258 g/mol. The smallest absolute Gasteiger partial charge is 0.263 e. The monoisotopic (exact) mass is 274 g/mol. The number of alkyl halides is 2. The van der Waals surface area contributed by atoms with Gasteiger partial charge in [0.25, 0.3) is 5.92 Å². The average molecular weight is 274 g/mol. The lowest BCUT2D eigenvalue weighted by molar-refractivity contribution is 0.0984. The van der Waals surface area contributed by atoms with E-state index >= 15 is 0 Å². The van der Waals surface area contributed by atoms with Crippen molar-refractivity contribution in [3.05, 3.63) is 42.1 Å². The molecule has 2 aliphatic rings. The summed E-state index contributed by atoms with van der Waals surface area (Å²) in [7, 11) is 0. The largest absolute Gasteiger partial charge is 0.272 e. The first kappa shape index (κ1) is 12.1. The summed E-state index contributed by atoms with van der Waals surface area (Å²) in [5.41, 5.74) is 3.11. The molecule has 0 aliphatic heterocycles. The van der Waals surface area contributed by atoms with Gasteiger partial charge in [-0.15, -0.1) is 0 Å². The van der Waals surface area contributed by atoms with Crippen molar-refractivity contribution in [2.45, 2.75) is 37.6 Å². The summed E-state index contributed by atoms with van der Waals surface area (Å²) in [4.78, 5) is 0. The SMILES string of the molecule is FC1(F)CC1n1ccc(-c2ccc(CC3CC3)cc2)n1. The molecular formula is C16H16F2N2. The molecule has 0 N–H and O–H groups in total. The highest BCUT2D eigenvalue weighted by Gasteiger charge is 2.59. The van der Waals surface area contributed by atoms with Crippen LogP contribution in [0.4, 0.5) is 8.78 Å². The standard InChI is InChI=1S/C16H16F2N2/c17-16(18)10-15(16)20-8-7-14(19-20)13-5-3-12(4-6-13)9-11-1-2-11/h3-8,11,15H,1-2,9-10H2. The fourth-order valence-corrected chi connectivity index (χ4v) is 2.62. The number of hydrogen-bond acceptors (Lipinski definition) is 1. The normalized spacial score (nSPS) is 23.8. The molecule has 1 aromatic heterocycles. The maximum absolute atomic E-state index is 13.0. The van der Waals surface area contributed by atoms with Crippen molar-refractivity contribution in [3.63, 3.8) is 0 Å². The number of benzene rings is 1. The maximum atomic E-state index is 13.0. The molecule has 2 aliphatic carbocycles. The minimum atomic E-state index is -2.57. The molecule has 2 fully saturated rings. The molecule has 2 aromatic rings. The first-order valence-electron chi connectivity index (χ1n) is 7.14. The zero-order chi connectivity index (χ0) is 13.7. The quantitative estimate of drug-likeness (QED) is 0.821. The van der Waals surface area contributed by atoms with Gasteiger partial charge in [0.2, 0.25) is 0 Å². The summed E-state index contributed by atoms with van der Waals surface area (Å²) >= 11 is 0. The first-order valence-corrected chi connectivity index (χ1v) is 7.14. The minimum Gasteiger partial charge on any atom is -0.263 e. The molecule has 0 amide bonds. The molecule has 4 heteroatoms. The van der Waals surface area contributed by atoms with E-state index in [-0.39, 0.29) is 6.42 Å². The van der Waals surface area contributed by atoms with E-state index in [9.17, 15) is 8.78 Å². The Balaban J connectivity index is 1.52. The molecule has 1 aromatic carbocycles. The lowest BCUT2D eigenvalue weighted by Gasteiger charge is -2.02.